The van der Waals surface area contributed by atoms with Crippen molar-refractivity contribution >= 4 is 28.8 Å². The molecule has 0 saturated heterocycles. The van der Waals surface area contributed by atoms with Gasteiger partial charge in [0.05, 0.1) is 23.3 Å². The third-order valence-electron chi connectivity index (χ3n) is 7.61. The zero-order chi connectivity index (χ0) is 26.2. The molecule has 6 rings (SSSR count). The molecular formula is C33H27FN2O2. The first kappa shape index (κ1) is 24.0. The standard InChI is InChI=1S/C33H27FN2O2/c1-21-15-17-22(18-16-21)32-31-28(19-24(20-30(31)37)25-11-5-6-12-26(25)34)35-27-13-7-8-14-29(27)36(32)33(38)23-9-3-2-4-10-23/h2-18,24,31-32H,19-20H2,1H3/t24-,31-,32-/m0/s1. The van der Waals surface area contributed by atoms with Gasteiger partial charge in [-0.1, -0.05) is 78.4 Å². The third kappa shape index (κ3) is 4.24. The second-order valence-corrected chi connectivity index (χ2v) is 10.1. The van der Waals surface area contributed by atoms with E-state index in [9.17, 15) is 14.0 Å². The molecule has 1 amide bonds. The summed E-state index contributed by atoms with van der Waals surface area (Å²) in [6, 6.07) is 30.7. The van der Waals surface area contributed by atoms with Crippen LogP contribution in [0.1, 0.15) is 51.8 Å². The Labute approximate surface area is 221 Å². The summed E-state index contributed by atoms with van der Waals surface area (Å²) < 4.78 is 14.8. The Morgan fingerprint density at radius 1 is 0.842 bits per heavy atom. The van der Waals surface area contributed by atoms with Gasteiger partial charge in [0.15, 0.2) is 0 Å². The summed E-state index contributed by atoms with van der Waals surface area (Å²) in [5.74, 6) is -1.48. The smallest absolute Gasteiger partial charge is 0.258 e. The highest BCUT2D eigenvalue weighted by Gasteiger charge is 2.46. The number of hydrogen-bond acceptors (Lipinski definition) is 3. The van der Waals surface area contributed by atoms with E-state index in [-0.39, 0.29) is 29.8 Å². The lowest BCUT2D eigenvalue weighted by Gasteiger charge is -2.39. The quantitative estimate of drug-likeness (QED) is 0.294. The van der Waals surface area contributed by atoms with E-state index >= 15 is 0 Å². The van der Waals surface area contributed by atoms with Crippen LogP contribution in [0.5, 0.6) is 0 Å². The number of aryl methyl sites for hydroxylation is 1. The summed E-state index contributed by atoms with van der Waals surface area (Å²) in [5.41, 5.74) is 5.01. The Balaban J connectivity index is 1.54. The van der Waals surface area contributed by atoms with Crippen LogP contribution in [0.4, 0.5) is 15.8 Å². The van der Waals surface area contributed by atoms with Crippen molar-refractivity contribution in [2.24, 2.45) is 10.9 Å². The highest BCUT2D eigenvalue weighted by Crippen LogP contribution is 2.48. The van der Waals surface area contributed by atoms with Gasteiger partial charge in [0.25, 0.3) is 5.91 Å². The van der Waals surface area contributed by atoms with E-state index in [1.807, 2.05) is 73.7 Å². The Morgan fingerprint density at radius 2 is 1.53 bits per heavy atom. The van der Waals surface area contributed by atoms with Crippen LogP contribution in [0.2, 0.25) is 0 Å². The summed E-state index contributed by atoms with van der Waals surface area (Å²) in [6.07, 6.45) is 0.637. The normalized spacial score (nSPS) is 20.7. The van der Waals surface area contributed by atoms with Gasteiger partial charge < -0.3 is 0 Å². The fraction of sp³-hybridized carbons (Fsp3) is 0.182. The number of carbonyl (C=O) groups excluding carboxylic acids is 2. The summed E-state index contributed by atoms with van der Waals surface area (Å²) >= 11 is 0. The highest BCUT2D eigenvalue weighted by molar-refractivity contribution is 6.15. The molecule has 38 heavy (non-hydrogen) atoms. The van der Waals surface area contributed by atoms with Crippen molar-refractivity contribution in [3.8, 4) is 0 Å². The van der Waals surface area contributed by atoms with Crippen molar-refractivity contribution in [2.45, 2.75) is 31.7 Å². The Kier molecular flexibility index (Phi) is 6.20. The van der Waals surface area contributed by atoms with Crippen molar-refractivity contribution in [1.29, 1.82) is 0 Å². The van der Waals surface area contributed by atoms with Crippen LogP contribution >= 0.6 is 0 Å². The fourth-order valence-corrected chi connectivity index (χ4v) is 5.78. The van der Waals surface area contributed by atoms with E-state index in [0.29, 0.717) is 34.6 Å². The minimum Gasteiger partial charge on any atom is -0.299 e. The van der Waals surface area contributed by atoms with E-state index < -0.39 is 12.0 Å². The lowest BCUT2D eigenvalue weighted by molar-refractivity contribution is -0.122. The van der Waals surface area contributed by atoms with Gasteiger partial charge in [0.1, 0.15) is 11.6 Å². The number of benzene rings is 4. The SMILES string of the molecule is Cc1ccc([C@H]2[C@@H]3C(=O)C[C@@H](c4ccccc4F)CC3=Nc3ccccc3N2C(=O)c2ccccc2)cc1. The molecule has 4 aromatic carbocycles. The van der Waals surface area contributed by atoms with Gasteiger partial charge in [0.2, 0.25) is 0 Å². The number of rotatable bonds is 3. The first-order chi connectivity index (χ1) is 18.5. The molecule has 0 spiro atoms. The molecule has 4 aromatic rings. The van der Waals surface area contributed by atoms with Gasteiger partial charge in [-0.2, -0.15) is 0 Å². The molecule has 0 bridgehead atoms. The maximum Gasteiger partial charge on any atom is 0.258 e. The lowest BCUT2D eigenvalue weighted by Crippen LogP contribution is -2.45. The number of halogens is 1. The predicted octanol–water partition coefficient (Wildman–Crippen LogP) is 7.37. The Morgan fingerprint density at radius 3 is 2.29 bits per heavy atom. The fourth-order valence-electron chi connectivity index (χ4n) is 5.78. The van der Waals surface area contributed by atoms with E-state index in [1.54, 1.807) is 35.2 Å². The van der Waals surface area contributed by atoms with Crippen LogP contribution in [-0.2, 0) is 4.79 Å². The molecular weight excluding hydrogens is 475 g/mol. The molecule has 0 unspecified atom stereocenters. The molecule has 0 aromatic heterocycles. The molecule has 4 nitrogen and oxygen atoms in total. The van der Waals surface area contributed by atoms with Gasteiger partial charge in [0, 0.05) is 17.7 Å². The lowest BCUT2D eigenvalue weighted by atomic mass is 9.72. The number of fused-ring (bicyclic) bond motifs is 2. The average Bonchev–Trinajstić information content (AvgIpc) is 3.08. The van der Waals surface area contributed by atoms with Crippen molar-refractivity contribution in [3.05, 3.63) is 131 Å². The van der Waals surface area contributed by atoms with Gasteiger partial charge in [-0.3, -0.25) is 19.5 Å². The van der Waals surface area contributed by atoms with Crippen LogP contribution in [0.15, 0.2) is 108 Å². The zero-order valence-corrected chi connectivity index (χ0v) is 21.1. The zero-order valence-electron chi connectivity index (χ0n) is 21.1. The molecule has 2 aliphatic rings. The monoisotopic (exact) mass is 502 g/mol. The number of nitrogens with zero attached hydrogens (tertiary/aromatic N) is 2. The Bertz CT molecular complexity index is 1550. The number of anilines is 1. The van der Waals surface area contributed by atoms with Gasteiger partial charge in [-0.05, 0) is 60.7 Å². The number of hydrogen-bond donors (Lipinski definition) is 0. The number of aliphatic imine (C=N–C) groups is 1. The van der Waals surface area contributed by atoms with E-state index in [4.69, 9.17) is 4.99 Å². The Hall–Kier alpha value is -4.38. The molecule has 0 N–H and O–H groups in total. The van der Waals surface area contributed by atoms with Crippen LogP contribution < -0.4 is 4.90 Å². The number of ketones is 1. The molecule has 0 radical (unpaired) electrons. The van der Waals surface area contributed by atoms with Crippen molar-refractivity contribution in [3.63, 3.8) is 0 Å². The minimum atomic E-state index is -0.638. The molecule has 1 heterocycles. The number of Topliss-reactive ketones (excluding diaryl/α,β-unsaturated/α-hetero) is 1. The predicted molar refractivity (Wildman–Crippen MR) is 148 cm³/mol. The molecule has 188 valence electrons. The van der Waals surface area contributed by atoms with Gasteiger partial charge >= 0.3 is 0 Å². The molecule has 5 heteroatoms. The topological polar surface area (TPSA) is 49.7 Å². The third-order valence-corrected chi connectivity index (χ3v) is 7.61. The van der Waals surface area contributed by atoms with Crippen molar-refractivity contribution in [1.82, 2.24) is 0 Å². The van der Waals surface area contributed by atoms with Crippen LogP contribution in [-0.4, -0.2) is 17.4 Å². The summed E-state index contributed by atoms with van der Waals surface area (Å²) in [4.78, 5) is 35.0. The first-order valence-corrected chi connectivity index (χ1v) is 12.9. The maximum atomic E-state index is 14.8. The second-order valence-electron chi connectivity index (χ2n) is 10.1. The van der Waals surface area contributed by atoms with E-state index in [0.717, 1.165) is 11.1 Å². The van der Waals surface area contributed by atoms with Crippen molar-refractivity contribution in [2.75, 3.05) is 4.90 Å². The first-order valence-electron chi connectivity index (χ1n) is 12.9. The second kappa shape index (κ2) is 9.82. The molecule has 1 saturated carbocycles. The highest BCUT2D eigenvalue weighted by atomic mass is 19.1. The van der Waals surface area contributed by atoms with Crippen LogP contribution in [0.3, 0.4) is 0 Å². The summed E-state index contributed by atoms with van der Waals surface area (Å²) in [6.45, 7) is 2.01. The largest absolute Gasteiger partial charge is 0.299 e. The molecule has 1 fully saturated rings. The van der Waals surface area contributed by atoms with E-state index in [2.05, 4.69) is 0 Å². The summed E-state index contributed by atoms with van der Waals surface area (Å²) in [7, 11) is 0. The number of carbonyl (C=O) groups is 2. The van der Waals surface area contributed by atoms with Crippen LogP contribution in [0.25, 0.3) is 0 Å². The van der Waals surface area contributed by atoms with Gasteiger partial charge in [-0.25, -0.2) is 4.39 Å². The molecule has 1 aliphatic heterocycles. The minimum absolute atomic E-state index is 0.0347. The van der Waals surface area contributed by atoms with Crippen LogP contribution in [0, 0.1) is 18.7 Å². The van der Waals surface area contributed by atoms with E-state index in [1.165, 1.54) is 6.07 Å². The van der Waals surface area contributed by atoms with Gasteiger partial charge in [-0.15, -0.1) is 0 Å². The van der Waals surface area contributed by atoms with Crippen molar-refractivity contribution < 1.29 is 14.0 Å². The average molecular weight is 503 g/mol. The molecule has 3 atom stereocenters. The summed E-state index contributed by atoms with van der Waals surface area (Å²) in [5, 5.41) is 0. The molecule has 1 aliphatic carbocycles. The number of para-hydroxylation sites is 2. The number of amides is 1. The maximum absolute atomic E-state index is 14.8.